The summed E-state index contributed by atoms with van der Waals surface area (Å²) in [6.07, 6.45) is 1.09. The molecule has 6 aromatic carbocycles. The minimum atomic E-state index is 1.09. The number of fused-ring (bicyclic) bond motifs is 4. The van der Waals surface area contributed by atoms with Crippen LogP contribution in [0.2, 0.25) is 0 Å². The SMILES string of the molecule is CCc1c2ccccc2cc2ccccc12.Cc1cc2cc3ccccc3cc2cc1C. The third kappa shape index (κ3) is 3.74. The fraction of sp³-hybridized carbons (Fsp3) is 0.125. The van der Waals surface area contributed by atoms with Gasteiger partial charge < -0.3 is 0 Å². The summed E-state index contributed by atoms with van der Waals surface area (Å²) in [7, 11) is 0. The predicted molar refractivity (Wildman–Crippen MR) is 142 cm³/mol. The van der Waals surface area contributed by atoms with Crippen LogP contribution in [0, 0.1) is 13.8 Å². The molecule has 0 amide bonds. The molecule has 0 unspecified atom stereocenters. The predicted octanol–water partition coefficient (Wildman–Crippen LogP) is 9.17. The number of benzene rings is 6. The molecule has 0 heteroatoms. The Hall–Kier alpha value is -3.64. The monoisotopic (exact) mass is 412 g/mol. The zero-order chi connectivity index (χ0) is 22.1. The highest BCUT2D eigenvalue weighted by molar-refractivity contribution is 6.02. The Morgan fingerprint density at radius 3 is 1.25 bits per heavy atom. The van der Waals surface area contributed by atoms with Gasteiger partial charge in [-0.1, -0.05) is 91.9 Å². The maximum atomic E-state index is 2.28. The summed E-state index contributed by atoms with van der Waals surface area (Å²) in [5, 5.41) is 10.8. The lowest BCUT2D eigenvalue weighted by Gasteiger charge is -2.09. The Balaban J connectivity index is 0.000000135. The Labute approximate surface area is 190 Å². The second kappa shape index (κ2) is 8.48. The molecule has 0 aliphatic carbocycles. The molecule has 0 aromatic heterocycles. The van der Waals surface area contributed by atoms with E-state index in [4.69, 9.17) is 0 Å². The fourth-order valence-corrected chi connectivity index (χ4v) is 4.71. The van der Waals surface area contributed by atoms with Crippen molar-refractivity contribution in [2.24, 2.45) is 0 Å². The van der Waals surface area contributed by atoms with Crippen molar-refractivity contribution in [3.05, 3.63) is 120 Å². The van der Waals surface area contributed by atoms with E-state index in [2.05, 4.69) is 124 Å². The molecule has 32 heavy (non-hydrogen) atoms. The summed E-state index contributed by atoms with van der Waals surface area (Å²) < 4.78 is 0. The second-order valence-corrected chi connectivity index (χ2v) is 8.63. The van der Waals surface area contributed by atoms with E-state index in [1.54, 1.807) is 0 Å². The zero-order valence-electron chi connectivity index (χ0n) is 19.0. The van der Waals surface area contributed by atoms with Crippen LogP contribution in [-0.4, -0.2) is 0 Å². The van der Waals surface area contributed by atoms with Crippen LogP contribution in [0.5, 0.6) is 0 Å². The molecule has 156 valence electrons. The van der Waals surface area contributed by atoms with E-state index in [0.29, 0.717) is 0 Å². The van der Waals surface area contributed by atoms with Gasteiger partial charge >= 0.3 is 0 Å². The van der Waals surface area contributed by atoms with Gasteiger partial charge in [-0.3, -0.25) is 0 Å². The van der Waals surface area contributed by atoms with Crippen LogP contribution >= 0.6 is 0 Å². The third-order valence-corrected chi connectivity index (χ3v) is 6.55. The van der Waals surface area contributed by atoms with Crippen LogP contribution in [0.25, 0.3) is 43.1 Å². The maximum absolute atomic E-state index is 2.28. The Morgan fingerprint density at radius 1 is 0.438 bits per heavy atom. The molecule has 0 heterocycles. The van der Waals surface area contributed by atoms with Crippen LogP contribution in [-0.2, 0) is 6.42 Å². The van der Waals surface area contributed by atoms with E-state index in [0.717, 1.165) is 6.42 Å². The molecule has 0 spiro atoms. The number of aryl methyl sites for hydroxylation is 3. The molecule has 6 rings (SSSR count). The van der Waals surface area contributed by atoms with Crippen molar-refractivity contribution in [1.29, 1.82) is 0 Å². The van der Waals surface area contributed by atoms with Gasteiger partial charge in [0, 0.05) is 0 Å². The van der Waals surface area contributed by atoms with Crippen molar-refractivity contribution in [3.8, 4) is 0 Å². The van der Waals surface area contributed by atoms with Crippen LogP contribution in [0.3, 0.4) is 0 Å². The van der Waals surface area contributed by atoms with Gasteiger partial charge in [0.2, 0.25) is 0 Å². The first-order valence-corrected chi connectivity index (χ1v) is 11.4. The lowest BCUT2D eigenvalue weighted by molar-refractivity contribution is 1.18. The van der Waals surface area contributed by atoms with E-state index in [1.165, 1.54) is 59.8 Å². The van der Waals surface area contributed by atoms with Crippen molar-refractivity contribution in [1.82, 2.24) is 0 Å². The first-order chi connectivity index (χ1) is 15.6. The van der Waals surface area contributed by atoms with Gasteiger partial charge in [-0.15, -0.1) is 0 Å². The lowest BCUT2D eigenvalue weighted by Crippen LogP contribution is -1.86. The van der Waals surface area contributed by atoms with Crippen molar-refractivity contribution >= 4 is 43.1 Å². The molecule has 0 aliphatic rings. The Bertz CT molecular complexity index is 1460. The van der Waals surface area contributed by atoms with E-state index >= 15 is 0 Å². The van der Waals surface area contributed by atoms with Gasteiger partial charge in [-0.25, -0.2) is 0 Å². The molecule has 0 radical (unpaired) electrons. The average molecular weight is 413 g/mol. The van der Waals surface area contributed by atoms with Crippen molar-refractivity contribution < 1.29 is 0 Å². The van der Waals surface area contributed by atoms with E-state index in [9.17, 15) is 0 Å². The van der Waals surface area contributed by atoms with Crippen LogP contribution < -0.4 is 0 Å². The number of hydrogen-bond acceptors (Lipinski definition) is 0. The smallest absolute Gasteiger partial charge is 0.0146 e. The zero-order valence-corrected chi connectivity index (χ0v) is 19.0. The lowest BCUT2D eigenvalue weighted by atomic mass is 9.95. The molecular formula is C32H28. The highest BCUT2D eigenvalue weighted by atomic mass is 14.1. The molecule has 0 bridgehead atoms. The molecule has 0 saturated carbocycles. The largest absolute Gasteiger partial charge is 0.0616 e. The van der Waals surface area contributed by atoms with E-state index in [1.807, 2.05) is 0 Å². The van der Waals surface area contributed by atoms with Crippen molar-refractivity contribution in [3.63, 3.8) is 0 Å². The summed E-state index contributed by atoms with van der Waals surface area (Å²) in [5.41, 5.74) is 4.19. The summed E-state index contributed by atoms with van der Waals surface area (Å²) >= 11 is 0. The van der Waals surface area contributed by atoms with Gasteiger partial charge in [0.1, 0.15) is 0 Å². The van der Waals surface area contributed by atoms with Crippen molar-refractivity contribution in [2.45, 2.75) is 27.2 Å². The first-order valence-electron chi connectivity index (χ1n) is 11.4. The first kappa shape index (κ1) is 20.3. The Kier molecular flexibility index (Phi) is 5.37. The van der Waals surface area contributed by atoms with Gasteiger partial charge in [0.05, 0.1) is 0 Å². The summed E-state index contributed by atoms with van der Waals surface area (Å²) in [5.74, 6) is 0. The maximum Gasteiger partial charge on any atom is -0.0146 e. The van der Waals surface area contributed by atoms with E-state index < -0.39 is 0 Å². The number of rotatable bonds is 1. The molecule has 0 N–H and O–H groups in total. The van der Waals surface area contributed by atoms with Crippen LogP contribution in [0.15, 0.2) is 103 Å². The standard InChI is InChI=1S/2C16H14/c1-11-7-15-9-13-5-3-4-6-14(13)10-16(15)8-12(11)2;1-2-14-15-9-5-3-7-12(15)11-13-8-4-6-10-16(13)14/h3-10H,1-2H3;3-11H,2H2,1H3. The highest BCUT2D eigenvalue weighted by Crippen LogP contribution is 2.28. The molecule has 0 saturated heterocycles. The van der Waals surface area contributed by atoms with Gasteiger partial charge in [-0.2, -0.15) is 0 Å². The van der Waals surface area contributed by atoms with Gasteiger partial charge in [0.15, 0.2) is 0 Å². The summed E-state index contributed by atoms with van der Waals surface area (Å²) in [4.78, 5) is 0. The van der Waals surface area contributed by atoms with Crippen LogP contribution in [0.1, 0.15) is 23.6 Å². The quantitative estimate of drug-likeness (QED) is 0.236. The molecule has 0 aliphatic heterocycles. The second-order valence-electron chi connectivity index (χ2n) is 8.63. The summed E-state index contributed by atoms with van der Waals surface area (Å²) in [6.45, 7) is 6.57. The molecule has 6 aromatic rings. The van der Waals surface area contributed by atoms with Crippen LogP contribution in [0.4, 0.5) is 0 Å². The summed E-state index contributed by atoms with van der Waals surface area (Å²) in [6, 6.07) is 37.2. The van der Waals surface area contributed by atoms with Gasteiger partial charge in [-0.05, 0) is 98.2 Å². The average Bonchev–Trinajstić information content (AvgIpc) is 2.82. The van der Waals surface area contributed by atoms with Crippen molar-refractivity contribution in [2.75, 3.05) is 0 Å². The van der Waals surface area contributed by atoms with E-state index in [-0.39, 0.29) is 0 Å². The minimum absolute atomic E-state index is 1.09. The topological polar surface area (TPSA) is 0 Å². The Morgan fingerprint density at radius 2 is 0.812 bits per heavy atom. The molecule has 0 fully saturated rings. The molecule has 0 nitrogen and oxygen atoms in total. The fourth-order valence-electron chi connectivity index (χ4n) is 4.71. The third-order valence-electron chi connectivity index (χ3n) is 6.55. The minimum Gasteiger partial charge on any atom is -0.0616 e. The molecular weight excluding hydrogens is 384 g/mol. The normalized spacial score (nSPS) is 11.1. The highest BCUT2D eigenvalue weighted by Gasteiger charge is 2.04. The molecule has 0 atom stereocenters. The van der Waals surface area contributed by atoms with Gasteiger partial charge in [0.25, 0.3) is 0 Å². The number of hydrogen-bond donors (Lipinski definition) is 0.